The van der Waals surface area contributed by atoms with Crippen molar-refractivity contribution in [3.63, 3.8) is 0 Å². The first-order valence-electron chi connectivity index (χ1n) is 9.29. The van der Waals surface area contributed by atoms with E-state index in [0.29, 0.717) is 16.0 Å². The van der Waals surface area contributed by atoms with Crippen LogP contribution in [0.2, 0.25) is 15.1 Å². The molecule has 156 valence electrons. The quantitative estimate of drug-likeness (QED) is 0.331. The molecule has 0 nitrogen and oxygen atoms in total. The summed E-state index contributed by atoms with van der Waals surface area (Å²) >= 11 is 20.6. The van der Waals surface area contributed by atoms with Gasteiger partial charge in [-0.05, 0) is 70.3 Å². The molecule has 0 spiro atoms. The Morgan fingerprint density at radius 2 is 1.30 bits per heavy atom. The zero-order valence-corrected chi connectivity index (χ0v) is 22.8. The molecular weight excluding hydrogens is 481 g/mol. The molecule has 0 amide bonds. The van der Waals surface area contributed by atoms with Crippen LogP contribution in [0.15, 0.2) is 40.9 Å². The SMILES string of the molecule is CC.CC.CC(C)c1ccc(Cl)c(Cl)c1.CCP.Cc1ccc(Cl)c(Br)c1. The van der Waals surface area contributed by atoms with E-state index in [4.69, 9.17) is 34.8 Å². The second-order valence-electron chi connectivity index (χ2n) is 5.15. The lowest BCUT2D eigenvalue weighted by atomic mass is 10.0. The van der Waals surface area contributed by atoms with Crippen LogP contribution in [0.5, 0.6) is 0 Å². The summed E-state index contributed by atoms with van der Waals surface area (Å²) < 4.78 is 0.962. The molecule has 1 unspecified atom stereocenters. The van der Waals surface area contributed by atoms with Gasteiger partial charge in [0.2, 0.25) is 0 Å². The van der Waals surface area contributed by atoms with Gasteiger partial charge in [-0.1, -0.05) is 95.4 Å². The van der Waals surface area contributed by atoms with E-state index in [1.54, 1.807) is 0 Å². The number of aryl methyl sites for hydroxylation is 1. The maximum Gasteiger partial charge on any atom is 0.0595 e. The number of benzene rings is 2. The molecule has 2 aromatic carbocycles. The molecule has 0 heterocycles. The molecule has 1 atom stereocenters. The largest absolute Gasteiger partial charge is 0.138 e. The fraction of sp³-hybridized carbons (Fsp3) is 0.455. The molecule has 0 saturated heterocycles. The highest BCUT2D eigenvalue weighted by Gasteiger charge is 2.01. The van der Waals surface area contributed by atoms with Gasteiger partial charge in [0.1, 0.15) is 0 Å². The third kappa shape index (κ3) is 16.8. The van der Waals surface area contributed by atoms with Crippen LogP contribution < -0.4 is 0 Å². The highest BCUT2D eigenvalue weighted by Crippen LogP contribution is 2.26. The molecule has 0 aromatic heterocycles. The summed E-state index contributed by atoms with van der Waals surface area (Å²) in [5.74, 6) is 0.504. The highest BCUT2D eigenvalue weighted by atomic mass is 79.9. The molecule has 0 aliphatic carbocycles. The average Bonchev–Trinajstić information content (AvgIpc) is 2.65. The van der Waals surface area contributed by atoms with E-state index >= 15 is 0 Å². The Morgan fingerprint density at radius 1 is 0.852 bits per heavy atom. The third-order valence-corrected chi connectivity index (χ3v) is 4.64. The van der Waals surface area contributed by atoms with Crippen molar-refractivity contribution in [2.45, 2.75) is 61.3 Å². The molecule has 27 heavy (non-hydrogen) atoms. The molecule has 2 aromatic rings. The van der Waals surface area contributed by atoms with Crippen LogP contribution >= 0.6 is 60.0 Å². The van der Waals surface area contributed by atoms with E-state index in [1.165, 1.54) is 17.3 Å². The zero-order valence-electron chi connectivity index (χ0n) is 17.8. The van der Waals surface area contributed by atoms with Gasteiger partial charge in [0.05, 0.1) is 15.1 Å². The lowest BCUT2D eigenvalue weighted by molar-refractivity contribution is 0.867. The number of rotatable bonds is 1. The molecule has 0 radical (unpaired) electrons. The van der Waals surface area contributed by atoms with Gasteiger partial charge in [-0.2, -0.15) is 0 Å². The minimum atomic E-state index is 0.504. The minimum absolute atomic E-state index is 0.504. The standard InChI is InChI=1S/C9H10Cl2.C7H6BrCl.C2H7P.2C2H6/c1-6(2)7-3-4-8(10)9(11)5-7;1-5-2-3-7(9)6(8)4-5;1-2-3;2*1-2/h3-6H,1-2H3;2-4H,1H3;2-3H2,1H3;2*1-2H3. The van der Waals surface area contributed by atoms with Crippen LogP contribution in [0.1, 0.15) is 65.5 Å². The van der Waals surface area contributed by atoms with Crippen LogP contribution in [0, 0.1) is 6.92 Å². The van der Waals surface area contributed by atoms with Gasteiger partial charge >= 0.3 is 0 Å². The second-order valence-corrected chi connectivity index (χ2v) is 8.05. The van der Waals surface area contributed by atoms with Crippen LogP contribution in [0.3, 0.4) is 0 Å². The Kier molecular flexibility index (Phi) is 24.7. The summed E-state index contributed by atoms with van der Waals surface area (Å²) in [6, 6.07) is 11.6. The van der Waals surface area contributed by atoms with Crippen molar-refractivity contribution in [1.29, 1.82) is 0 Å². The van der Waals surface area contributed by atoms with Crippen molar-refractivity contribution in [2.24, 2.45) is 0 Å². The van der Waals surface area contributed by atoms with Gasteiger partial charge in [0, 0.05) is 4.47 Å². The first-order valence-corrected chi connectivity index (χ1v) is 12.0. The van der Waals surface area contributed by atoms with Gasteiger partial charge in [-0.25, -0.2) is 0 Å². The van der Waals surface area contributed by atoms with Crippen molar-refractivity contribution in [3.8, 4) is 0 Å². The predicted molar refractivity (Wildman–Crippen MR) is 137 cm³/mol. The molecule has 0 bridgehead atoms. The summed E-state index contributed by atoms with van der Waals surface area (Å²) in [6.45, 7) is 16.4. The van der Waals surface area contributed by atoms with Crippen LogP contribution in [0.25, 0.3) is 0 Å². The minimum Gasteiger partial charge on any atom is -0.138 e. The lowest BCUT2D eigenvalue weighted by Gasteiger charge is -2.05. The van der Waals surface area contributed by atoms with E-state index in [9.17, 15) is 0 Å². The van der Waals surface area contributed by atoms with Crippen molar-refractivity contribution in [1.82, 2.24) is 0 Å². The fourth-order valence-corrected chi connectivity index (χ4v) is 2.39. The molecule has 5 heteroatoms. The van der Waals surface area contributed by atoms with Crippen LogP contribution in [-0.4, -0.2) is 6.16 Å². The molecule has 0 fully saturated rings. The highest BCUT2D eigenvalue weighted by molar-refractivity contribution is 9.10. The third-order valence-electron chi connectivity index (χ3n) is 2.69. The topological polar surface area (TPSA) is 0 Å². The van der Waals surface area contributed by atoms with Gasteiger partial charge in [-0.15, -0.1) is 9.24 Å². The molecular formula is C22H35BrCl3P. The van der Waals surface area contributed by atoms with Crippen LogP contribution in [0.4, 0.5) is 0 Å². The summed E-state index contributed by atoms with van der Waals surface area (Å²) in [7, 11) is 2.58. The monoisotopic (exact) mass is 514 g/mol. The van der Waals surface area contributed by atoms with Gasteiger partial charge in [0.25, 0.3) is 0 Å². The maximum absolute atomic E-state index is 5.83. The molecule has 0 aliphatic rings. The zero-order chi connectivity index (χ0) is 22.0. The Labute approximate surface area is 193 Å². The summed E-state index contributed by atoms with van der Waals surface area (Å²) in [5.41, 5.74) is 2.44. The number of halogens is 4. The van der Waals surface area contributed by atoms with E-state index in [-0.39, 0.29) is 0 Å². The molecule has 0 aliphatic heterocycles. The van der Waals surface area contributed by atoms with E-state index in [2.05, 4.69) is 45.9 Å². The average molecular weight is 517 g/mol. The summed E-state index contributed by atoms with van der Waals surface area (Å²) in [4.78, 5) is 0. The van der Waals surface area contributed by atoms with E-state index in [0.717, 1.165) is 9.50 Å². The van der Waals surface area contributed by atoms with Gasteiger partial charge < -0.3 is 0 Å². The Hall–Kier alpha value is 0.220. The van der Waals surface area contributed by atoms with Gasteiger partial charge in [-0.3, -0.25) is 0 Å². The van der Waals surface area contributed by atoms with Crippen molar-refractivity contribution >= 4 is 60.0 Å². The smallest absolute Gasteiger partial charge is 0.0595 e. The first-order chi connectivity index (χ1) is 12.7. The Bertz CT molecular complexity index is 602. The normalized spacial score (nSPS) is 8.67. The Balaban J connectivity index is -0.000000324. The van der Waals surface area contributed by atoms with Crippen LogP contribution in [-0.2, 0) is 0 Å². The number of hydrogen-bond acceptors (Lipinski definition) is 0. The molecule has 0 N–H and O–H groups in total. The maximum atomic E-state index is 5.83. The predicted octanol–water partition coefficient (Wildman–Crippen LogP) is 10.5. The number of hydrogen-bond donors (Lipinski definition) is 0. The molecule has 0 saturated carbocycles. The lowest BCUT2D eigenvalue weighted by Crippen LogP contribution is -1.85. The van der Waals surface area contributed by atoms with E-state index in [1.807, 2.05) is 71.0 Å². The van der Waals surface area contributed by atoms with Crippen molar-refractivity contribution in [3.05, 3.63) is 67.1 Å². The fourth-order valence-electron chi connectivity index (χ4n) is 1.47. The van der Waals surface area contributed by atoms with Crippen molar-refractivity contribution in [2.75, 3.05) is 6.16 Å². The second kappa shape index (κ2) is 20.9. The molecule has 2 rings (SSSR count). The van der Waals surface area contributed by atoms with Crippen molar-refractivity contribution < 1.29 is 0 Å². The summed E-state index contributed by atoms with van der Waals surface area (Å²) in [6.07, 6.45) is 1.17. The Morgan fingerprint density at radius 3 is 1.63 bits per heavy atom. The van der Waals surface area contributed by atoms with E-state index < -0.39 is 0 Å². The van der Waals surface area contributed by atoms with Gasteiger partial charge in [0.15, 0.2) is 0 Å². The summed E-state index contributed by atoms with van der Waals surface area (Å²) in [5, 5.41) is 2.02. The first kappa shape index (κ1) is 31.9.